The van der Waals surface area contributed by atoms with Crippen LogP contribution in [0.4, 0.5) is 18.3 Å². The van der Waals surface area contributed by atoms with Crippen LogP contribution in [0.25, 0.3) is 10.2 Å². The number of fused-ring (bicyclic) bond motifs is 1. The minimum atomic E-state index is -4.56. The van der Waals surface area contributed by atoms with E-state index in [2.05, 4.69) is 4.98 Å². The van der Waals surface area contributed by atoms with E-state index in [-0.39, 0.29) is 22.0 Å². The molecule has 0 spiro atoms. The van der Waals surface area contributed by atoms with Crippen LogP contribution >= 0.6 is 11.3 Å². The van der Waals surface area contributed by atoms with E-state index in [0.717, 1.165) is 33.7 Å². The number of Topliss-reactive ketones (excluding diaryl/α,β-unsaturated/α-hetero) is 1. The van der Waals surface area contributed by atoms with Gasteiger partial charge in [-0.05, 0) is 60.9 Å². The SMILES string of the molecule is CCc1ccc2nc(N3C(=O)C(O)=C(C(=O)c4ccc(C)o4)C3c3ccc(C(F)(F)F)cc3)sc2c1. The van der Waals surface area contributed by atoms with Gasteiger partial charge < -0.3 is 9.52 Å². The lowest BCUT2D eigenvalue weighted by molar-refractivity contribution is -0.137. The first-order chi connectivity index (χ1) is 17.1. The van der Waals surface area contributed by atoms with Gasteiger partial charge in [-0.3, -0.25) is 14.5 Å². The maximum absolute atomic E-state index is 13.4. The minimum Gasteiger partial charge on any atom is -0.503 e. The van der Waals surface area contributed by atoms with E-state index in [1.807, 2.05) is 25.1 Å². The molecule has 1 aliphatic heterocycles. The predicted octanol–water partition coefficient (Wildman–Crippen LogP) is 6.56. The highest BCUT2D eigenvalue weighted by Crippen LogP contribution is 2.45. The second-order valence-corrected chi connectivity index (χ2v) is 9.36. The Bertz CT molecular complexity index is 1530. The van der Waals surface area contributed by atoms with E-state index >= 15 is 0 Å². The molecule has 5 rings (SSSR count). The molecule has 0 saturated carbocycles. The number of halogens is 3. The molecule has 0 radical (unpaired) electrons. The zero-order valence-corrected chi connectivity index (χ0v) is 19.9. The quantitative estimate of drug-likeness (QED) is 0.306. The van der Waals surface area contributed by atoms with Crippen LogP contribution in [0.2, 0.25) is 0 Å². The largest absolute Gasteiger partial charge is 0.503 e. The smallest absolute Gasteiger partial charge is 0.416 e. The van der Waals surface area contributed by atoms with Gasteiger partial charge in [-0.2, -0.15) is 13.2 Å². The zero-order valence-electron chi connectivity index (χ0n) is 19.1. The molecule has 36 heavy (non-hydrogen) atoms. The molecule has 10 heteroatoms. The summed E-state index contributed by atoms with van der Waals surface area (Å²) in [5.41, 5.74) is 0.724. The minimum absolute atomic E-state index is 0.0995. The van der Waals surface area contributed by atoms with Crippen molar-refractivity contribution in [2.24, 2.45) is 0 Å². The second-order valence-electron chi connectivity index (χ2n) is 8.35. The summed E-state index contributed by atoms with van der Waals surface area (Å²) in [6.07, 6.45) is -3.76. The van der Waals surface area contributed by atoms with Crippen LogP contribution in [-0.4, -0.2) is 21.8 Å². The molecular formula is C26H19F3N2O4S. The number of aromatic nitrogens is 1. The summed E-state index contributed by atoms with van der Waals surface area (Å²) in [6.45, 7) is 3.64. The summed E-state index contributed by atoms with van der Waals surface area (Å²) in [6, 6.07) is 11.6. The summed E-state index contributed by atoms with van der Waals surface area (Å²) in [5.74, 6) is -2.06. The molecule has 3 heterocycles. The number of hydrogen-bond acceptors (Lipinski definition) is 6. The molecule has 1 unspecified atom stereocenters. The maximum atomic E-state index is 13.4. The number of carbonyl (C=O) groups excluding carboxylic acids is 2. The van der Waals surface area contributed by atoms with Crippen molar-refractivity contribution in [3.8, 4) is 0 Å². The van der Waals surface area contributed by atoms with Crippen LogP contribution in [0.1, 0.15) is 46.0 Å². The van der Waals surface area contributed by atoms with Gasteiger partial charge in [0.25, 0.3) is 5.91 Å². The van der Waals surface area contributed by atoms with Crippen molar-refractivity contribution >= 4 is 38.4 Å². The predicted molar refractivity (Wildman–Crippen MR) is 128 cm³/mol. The number of ketones is 1. The van der Waals surface area contributed by atoms with Gasteiger partial charge in [0.05, 0.1) is 27.4 Å². The molecule has 0 fully saturated rings. The van der Waals surface area contributed by atoms with Crippen LogP contribution in [0.3, 0.4) is 0 Å². The Morgan fingerprint density at radius 1 is 1.14 bits per heavy atom. The third-order valence-corrected chi connectivity index (χ3v) is 7.04. The van der Waals surface area contributed by atoms with E-state index in [9.17, 15) is 27.9 Å². The molecule has 1 N–H and O–H groups in total. The maximum Gasteiger partial charge on any atom is 0.416 e. The average Bonchev–Trinajstić information content (AvgIpc) is 3.53. The van der Waals surface area contributed by atoms with Crippen LogP contribution in [0, 0.1) is 6.92 Å². The number of nitrogens with zero attached hydrogens (tertiary/aromatic N) is 2. The lowest BCUT2D eigenvalue weighted by atomic mass is 9.94. The first-order valence-corrected chi connectivity index (χ1v) is 11.8. The molecule has 0 saturated heterocycles. The highest BCUT2D eigenvalue weighted by atomic mass is 32.1. The summed E-state index contributed by atoms with van der Waals surface area (Å²) < 4.78 is 45.8. The van der Waals surface area contributed by atoms with Crippen molar-refractivity contribution in [1.29, 1.82) is 0 Å². The number of amides is 1. The number of hydrogen-bond donors (Lipinski definition) is 1. The second kappa shape index (κ2) is 8.63. The Balaban J connectivity index is 1.66. The van der Waals surface area contributed by atoms with Crippen LogP contribution in [-0.2, 0) is 17.4 Å². The molecule has 0 bridgehead atoms. The number of aliphatic hydroxyl groups excluding tert-OH is 1. The lowest BCUT2D eigenvalue weighted by Crippen LogP contribution is -2.31. The molecular weight excluding hydrogens is 493 g/mol. The Morgan fingerprint density at radius 3 is 2.47 bits per heavy atom. The number of thiazole rings is 1. The highest BCUT2D eigenvalue weighted by molar-refractivity contribution is 7.22. The number of benzene rings is 2. The first kappa shape index (κ1) is 23.8. The number of anilines is 1. The average molecular weight is 513 g/mol. The van der Waals surface area contributed by atoms with Crippen molar-refractivity contribution in [2.75, 3.05) is 4.90 Å². The van der Waals surface area contributed by atoms with Crippen molar-refractivity contribution in [3.05, 3.63) is 94.1 Å². The van der Waals surface area contributed by atoms with E-state index in [4.69, 9.17) is 4.42 Å². The van der Waals surface area contributed by atoms with E-state index in [1.54, 1.807) is 13.0 Å². The Kier molecular flexibility index (Phi) is 5.71. The van der Waals surface area contributed by atoms with Gasteiger partial charge in [-0.25, -0.2) is 4.98 Å². The van der Waals surface area contributed by atoms with Gasteiger partial charge in [0.2, 0.25) is 5.78 Å². The van der Waals surface area contributed by atoms with Gasteiger partial charge in [-0.15, -0.1) is 0 Å². The molecule has 1 aliphatic rings. The highest BCUT2D eigenvalue weighted by Gasteiger charge is 2.46. The number of aryl methyl sites for hydroxylation is 2. The lowest BCUT2D eigenvalue weighted by Gasteiger charge is -2.24. The molecule has 6 nitrogen and oxygen atoms in total. The Labute approximate surface area is 207 Å². The summed E-state index contributed by atoms with van der Waals surface area (Å²) in [7, 11) is 0. The summed E-state index contributed by atoms with van der Waals surface area (Å²) >= 11 is 1.19. The van der Waals surface area contributed by atoms with Crippen molar-refractivity contribution in [3.63, 3.8) is 0 Å². The number of alkyl halides is 3. The van der Waals surface area contributed by atoms with Crippen molar-refractivity contribution in [1.82, 2.24) is 4.98 Å². The van der Waals surface area contributed by atoms with Gasteiger partial charge >= 0.3 is 6.18 Å². The number of rotatable bonds is 5. The van der Waals surface area contributed by atoms with Gasteiger partial charge in [0, 0.05) is 0 Å². The van der Waals surface area contributed by atoms with E-state index < -0.39 is 35.2 Å². The number of carbonyl (C=O) groups is 2. The molecule has 2 aromatic carbocycles. The summed E-state index contributed by atoms with van der Waals surface area (Å²) in [4.78, 5) is 32.3. The molecule has 4 aromatic rings. The van der Waals surface area contributed by atoms with Crippen molar-refractivity contribution in [2.45, 2.75) is 32.5 Å². The number of aliphatic hydroxyl groups is 1. The van der Waals surface area contributed by atoms with Gasteiger partial charge in [-0.1, -0.05) is 36.5 Å². The molecule has 184 valence electrons. The number of furan rings is 1. The standard InChI is InChI=1S/C26H19F3N2O4S/c1-3-14-5-10-17-19(12-14)36-25(30-17)31-21(15-6-8-16(9-7-15)26(27,28)29)20(23(33)24(31)34)22(32)18-11-4-13(2)35-18/h4-12,21,33H,3H2,1-2H3. The fraction of sp³-hybridized carbons (Fsp3) is 0.192. The van der Waals surface area contributed by atoms with Gasteiger partial charge in [0.1, 0.15) is 5.76 Å². The molecule has 1 amide bonds. The molecule has 1 atom stereocenters. The zero-order chi connectivity index (χ0) is 25.8. The topological polar surface area (TPSA) is 83.6 Å². The normalized spacial score (nSPS) is 16.4. The molecule has 2 aromatic heterocycles. The van der Waals surface area contributed by atoms with Crippen LogP contribution in [0.5, 0.6) is 0 Å². The van der Waals surface area contributed by atoms with Crippen molar-refractivity contribution < 1.29 is 32.3 Å². The third kappa shape index (κ3) is 3.97. The fourth-order valence-electron chi connectivity index (χ4n) is 4.17. The van der Waals surface area contributed by atoms with E-state index in [1.165, 1.54) is 29.5 Å². The Hall–Kier alpha value is -3.92. The summed E-state index contributed by atoms with van der Waals surface area (Å²) in [5, 5.41) is 11.0. The third-order valence-electron chi connectivity index (χ3n) is 6.03. The first-order valence-electron chi connectivity index (χ1n) is 11.0. The van der Waals surface area contributed by atoms with Crippen LogP contribution in [0.15, 0.2) is 70.3 Å². The van der Waals surface area contributed by atoms with E-state index in [0.29, 0.717) is 11.3 Å². The fourth-order valence-corrected chi connectivity index (χ4v) is 5.23. The van der Waals surface area contributed by atoms with Gasteiger partial charge in [0.15, 0.2) is 16.7 Å². The Morgan fingerprint density at radius 2 is 1.86 bits per heavy atom. The van der Waals surface area contributed by atoms with Crippen LogP contribution < -0.4 is 4.90 Å². The monoisotopic (exact) mass is 512 g/mol. The molecule has 0 aliphatic carbocycles.